The molecule has 2 aromatic heterocycles. The molecule has 4 rings (SSSR count). The smallest absolute Gasteiger partial charge is 0.281 e. The van der Waals surface area contributed by atoms with Gasteiger partial charge in [0.05, 0.1) is 27.4 Å². The van der Waals surface area contributed by atoms with Crippen molar-refractivity contribution in [3.63, 3.8) is 0 Å². The highest BCUT2D eigenvalue weighted by atomic mass is 16.6. The first-order chi connectivity index (χ1) is 15.3. The lowest BCUT2D eigenvalue weighted by atomic mass is 10.1. The van der Waals surface area contributed by atoms with E-state index >= 15 is 0 Å². The number of hydrogen-bond acceptors (Lipinski definition) is 7. The van der Waals surface area contributed by atoms with Gasteiger partial charge in [0.15, 0.2) is 5.65 Å². The summed E-state index contributed by atoms with van der Waals surface area (Å²) in [6.45, 7) is 3.26. The maximum atomic E-state index is 12.9. The molecule has 1 N–H and O–H groups in total. The third-order valence-electron chi connectivity index (χ3n) is 5.00. The zero-order valence-corrected chi connectivity index (χ0v) is 17.0. The van der Waals surface area contributed by atoms with Gasteiger partial charge in [0.2, 0.25) is 0 Å². The maximum Gasteiger partial charge on any atom is 0.281 e. The molecule has 2 heterocycles. The minimum Gasteiger partial charge on any atom is -0.321 e. The first kappa shape index (κ1) is 20.6. The van der Waals surface area contributed by atoms with Gasteiger partial charge in [-0.05, 0) is 19.9 Å². The van der Waals surface area contributed by atoms with Gasteiger partial charge in [0.25, 0.3) is 17.3 Å². The monoisotopic (exact) mass is 432 g/mol. The predicted molar refractivity (Wildman–Crippen MR) is 116 cm³/mol. The van der Waals surface area contributed by atoms with Crippen molar-refractivity contribution in [2.24, 2.45) is 0 Å². The number of nitrogens with one attached hydrogen (secondary N) is 1. The number of nitro benzene ring substituents is 2. The van der Waals surface area contributed by atoms with E-state index in [4.69, 9.17) is 0 Å². The van der Waals surface area contributed by atoms with Crippen LogP contribution < -0.4 is 5.32 Å². The molecule has 0 saturated carbocycles. The molecule has 0 saturated heterocycles. The highest BCUT2D eigenvalue weighted by Gasteiger charge is 2.25. The number of carbonyl (C=O) groups is 1. The van der Waals surface area contributed by atoms with Gasteiger partial charge in [-0.1, -0.05) is 29.8 Å². The van der Waals surface area contributed by atoms with Gasteiger partial charge < -0.3 is 5.32 Å². The van der Waals surface area contributed by atoms with Crippen LogP contribution in [-0.4, -0.2) is 30.4 Å². The lowest BCUT2D eigenvalue weighted by molar-refractivity contribution is -0.395. The van der Waals surface area contributed by atoms with Crippen molar-refractivity contribution < 1.29 is 14.6 Å². The highest BCUT2D eigenvalue weighted by Crippen LogP contribution is 2.32. The van der Waals surface area contributed by atoms with Crippen molar-refractivity contribution >= 4 is 28.6 Å². The third kappa shape index (κ3) is 3.62. The Labute approximate surface area is 180 Å². The van der Waals surface area contributed by atoms with Gasteiger partial charge in [0, 0.05) is 23.9 Å². The Morgan fingerprint density at radius 3 is 2.22 bits per heavy atom. The number of hydrogen-bond donors (Lipinski definition) is 1. The molecule has 32 heavy (non-hydrogen) atoms. The minimum absolute atomic E-state index is 0.0759. The molecule has 0 atom stereocenters. The Bertz CT molecular complexity index is 1360. The van der Waals surface area contributed by atoms with E-state index in [1.807, 2.05) is 31.2 Å². The van der Waals surface area contributed by atoms with Gasteiger partial charge >= 0.3 is 0 Å². The van der Waals surface area contributed by atoms with Gasteiger partial charge in [-0.3, -0.25) is 25.0 Å². The van der Waals surface area contributed by atoms with E-state index in [0.29, 0.717) is 0 Å². The van der Waals surface area contributed by atoms with E-state index in [-0.39, 0.29) is 22.5 Å². The largest absolute Gasteiger partial charge is 0.321 e. The summed E-state index contributed by atoms with van der Waals surface area (Å²) in [5, 5.41) is 29.3. The molecule has 0 radical (unpaired) electrons. The third-order valence-corrected chi connectivity index (χ3v) is 5.00. The number of nitrogens with zero attached hydrogens (tertiary/aromatic N) is 5. The summed E-state index contributed by atoms with van der Waals surface area (Å²) in [6, 6.07) is 11.7. The summed E-state index contributed by atoms with van der Waals surface area (Å²) in [4.78, 5) is 38.2. The quantitative estimate of drug-likeness (QED) is 0.369. The summed E-state index contributed by atoms with van der Waals surface area (Å²) < 4.78 is 1.51. The molecule has 0 spiro atoms. The van der Waals surface area contributed by atoms with Gasteiger partial charge in [-0.2, -0.15) is 5.10 Å². The van der Waals surface area contributed by atoms with Crippen molar-refractivity contribution in [2.45, 2.75) is 13.8 Å². The van der Waals surface area contributed by atoms with Crippen LogP contribution in [0.4, 0.5) is 17.1 Å². The average Bonchev–Trinajstić information content (AvgIpc) is 3.19. The molecule has 2 aromatic carbocycles. The zero-order chi connectivity index (χ0) is 23.0. The summed E-state index contributed by atoms with van der Waals surface area (Å²) >= 11 is 0. The van der Waals surface area contributed by atoms with Crippen LogP contribution in [0.5, 0.6) is 0 Å². The maximum absolute atomic E-state index is 12.9. The number of aromatic nitrogens is 3. The molecule has 160 valence electrons. The van der Waals surface area contributed by atoms with Crippen molar-refractivity contribution in [2.75, 3.05) is 5.32 Å². The molecule has 0 aliphatic carbocycles. The molecular formula is C21H16N6O5. The first-order valence-electron chi connectivity index (χ1n) is 9.41. The van der Waals surface area contributed by atoms with E-state index in [0.717, 1.165) is 29.0 Å². The Balaban J connectivity index is 1.73. The minimum atomic E-state index is -0.733. The summed E-state index contributed by atoms with van der Waals surface area (Å²) in [7, 11) is 0. The molecule has 0 aliphatic heterocycles. The van der Waals surface area contributed by atoms with Crippen molar-refractivity contribution in [1.82, 2.24) is 14.6 Å². The molecule has 0 fully saturated rings. The van der Waals surface area contributed by atoms with Crippen molar-refractivity contribution in [3.05, 3.63) is 91.8 Å². The van der Waals surface area contributed by atoms with Crippen LogP contribution >= 0.6 is 0 Å². The van der Waals surface area contributed by atoms with E-state index in [2.05, 4.69) is 15.4 Å². The van der Waals surface area contributed by atoms with E-state index in [9.17, 15) is 25.0 Å². The van der Waals surface area contributed by atoms with Crippen LogP contribution in [-0.2, 0) is 0 Å². The summed E-state index contributed by atoms with van der Waals surface area (Å²) in [5.41, 5.74) is 1.98. The topological polar surface area (TPSA) is 146 Å². The van der Waals surface area contributed by atoms with E-state index in [1.54, 1.807) is 12.3 Å². The SMILES string of the molecule is Cc1ccc(-c2ccnc3c(C(=O)Nc4cc([N+](=O)[O-])c(C)c([N+](=O)[O-])c4)cnn23)cc1. The van der Waals surface area contributed by atoms with Crippen LogP contribution in [0.15, 0.2) is 54.9 Å². The molecule has 0 bridgehead atoms. The number of rotatable bonds is 5. The predicted octanol–water partition coefficient (Wildman–Crippen LogP) is 4.08. The lowest BCUT2D eigenvalue weighted by Gasteiger charge is -2.07. The standard InChI is InChI=1S/C21H16N6O5/c1-12-3-5-14(6-4-12)17-7-8-22-20-16(11-23-25(17)20)21(28)24-15-9-18(26(29)30)13(2)19(10-15)27(31)32/h3-11H,1-2H3,(H,24,28). The van der Waals surface area contributed by atoms with Crippen LogP contribution in [0.25, 0.3) is 16.9 Å². The Morgan fingerprint density at radius 2 is 1.62 bits per heavy atom. The number of carbonyl (C=O) groups excluding carboxylic acids is 1. The van der Waals surface area contributed by atoms with E-state index < -0.39 is 27.1 Å². The highest BCUT2D eigenvalue weighted by molar-refractivity contribution is 6.08. The number of aryl methyl sites for hydroxylation is 1. The number of anilines is 1. The molecule has 11 nitrogen and oxygen atoms in total. The second kappa shape index (κ2) is 7.87. The van der Waals surface area contributed by atoms with E-state index in [1.165, 1.54) is 17.6 Å². The Kier molecular flexibility index (Phi) is 5.07. The van der Waals surface area contributed by atoms with Crippen molar-refractivity contribution in [3.8, 4) is 11.3 Å². The fraction of sp³-hybridized carbons (Fsp3) is 0.0952. The summed E-state index contributed by atoms with van der Waals surface area (Å²) in [6.07, 6.45) is 2.87. The number of amides is 1. The number of nitro groups is 2. The molecule has 1 amide bonds. The average molecular weight is 432 g/mol. The van der Waals surface area contributed by atoms with Crippen LogP contribution in [0.2, 0.25) is 0 Å². The van der Waals surface area contributed by atoms with Gasteiger partial charge in [-0.25, -0.2) is 9.50 Å². The van der Waals surface area contributed by atoms with Crippen LogP contribution in [0.1, 0.15) is 21.5 Å². The van der Waals surface area contributed by atoms with Crippen LogP contribution in [0.3, 0.4) is 0 Å². The fourth-order valence-electron chi connectivity index (χ4n) is 3.33. The zero-order valence-electron chi connectivity index (χ0n) is 17.0. The van der Waals surface area contributed by atoms with Gasteiger partial charge in [0.1, 0.15) is 11.1 Å². The molecule has 0 unspecified atom stereocenters. The normalized spacial score (nSPS) is 10.8. The number of fused-ring (bicyclic) bond motifs is 1. The Hall–Kier alpha value is -4.67. The second-order valence-corrected chi connectivity index (χ2v) is 7.10. The van der Waals surface area contributed by atoms with Crippen LogP contribution in [0, 0.1) is 34.1 Å². The van der Waals surface area contributed by atoms with Gasteiger partial charge in [-0.15, -0.1) is 0 Å². The molecule has 0 aliphatic rings. The van der Waals surface area contributed by atoms with Crippen molar-refractivity contribution in [1.29, 1.82) is 0 Å². The first-order valence-corrected chi connectivity index (χ1v) is 9.41. The second-order valence-electron chi connectivity index (χ2n) is 7.10. The molecule has 4 aromatic rings. The summed E-state index contributed by atoms with van der Waals surface area (Å²) in [5.74, 6) is -0.652. The molecule has 11 heteroatoms. The Morgan fingerprint density at radius 1 is 1.00 bits per heavy atom. The number of benzene rings is 2. The molecular weight excluding hydrogens is 416 g/mol. The lowest BCUT2D eigenvalue weighted by Crippen LogP contribution is -2.13. The fourth-order valence-corrected chi connectivity index (χ4v) is 3.33.